The third-order valence-corrected chi connectivity index (χ3v) is 2.76. The second-order valence-corrected chi connectivity index (χ2v) is 4.31. The van der Waals surface area contributed by atoms with Gasteiger partial charge >= 0.3 is 0 Å². The van der Waals surface area contributed by atoms with Crippen LogP contribution in [0.15, 0.2) is 36.4 Å². The minimum atomic E-state index is -0.482. The maximum atomic E-state index is 13.2. The summed E-state index contributed by atoms with van der Waals surface area (Å²) in [4.78, 5) is 0. The van der Waals surface area contributed by atoms with Gasteiger partial charge in [-0.25, -0.2) is 4.39 Å². The summed E-state index contributed by atoms with van der Waals surface area (Å²) in [5.74, 6) is -0.128. The van der Waals surface area contributed by atoms with Crippen LogP contribution in [0.25, 0.3) is 0 Å². The van der Waals surface area contributed by atoms with Crippen LogP contribution in [-0.4, -0.2) is 0 Å². The van der Waals surface area contributed by atoms with E-state index in [9.17, 15) is 4.39 Å². The number of benzene rings is 2. The Kier molecular flexibility index (Phi) is 3.88. The molecule has 0 unspecified atom stereocenters. The average Bonchev–Trinajstić information content (AvgIpc) is 2.37. The molecule has 0 amide bonds. The maximum absolute atomic E-state index is 13.2. The summed E-state index contributed by atoms with van der Waals surface area (Å²) >= 11 is 5.95. The molecule has 0 aliphatic heterocycles. The molecule has 19 heavy (non-hydrogen) atoms. The molecule has 0 bridgehead atoms. The van der Waals surface area contributed by atoms with E-state index in [1.807, 2.05) is 6.07 Å². The Labute approximate surface area is 115 Å². The summed E-state index contributed by atoms with van der Waals surface area (Å²) in [6.07, 6.45) is 0. The second kappa shape index (κ2) is 5.59. The number of anilines is 1. The normalized spacial score (nSPS) is 9.95. The molecule has 5 heteroatoms. The summed E-state index contributed by atoms with van der Waals surface area (Å²) in [6.45, 7) is 0.0837. The molecule has 0 atom stereocenters. The molecule has 0 saturated carbocycles. The molecule has 0 aliphatic rings. The van der Waals surface area contributed by atoms with Crippen molar-refractivity contribution in [1.82, 2.24) is 0 Å². The van der Waals surface area contributed by atoms with E-state index in [2.05, 4.69) is 0 Å². The van der Waals surface area contributed by atoms with Crippen molar-refractivity contribution in [1.29, 1.82) is 5.26 Å². The quantitative estimate of drug-likeness (QED) is 0.873. The van der Waals surface area contributed by atoms with E-state index < -0.39 is 5.82 Å². The molecule has 3 nitrogen and oxygen atoms in total. The van der Waals surface area contributed by atoms with Crippen molar-refractivity contribution >= 4 is 17.3 Å². The molecule has 2 rings (SSSR count). The van der Waals surface area contributed by atoms with Crippen LogP contribution in [0.2, 0.25) is 5.02 Å². The first-order valence-corrected chi connectivity index (χ1v) is 5.84. The summed E-state index contributed by atoms with van der Waals surface area (Å²) < 4.78 is 18.7. The fourth-order valence-electron chi connectivity index (χ4n) is 1.63. The number of nitriles is 1. The van der Waals surface area contributed by atoms with Gasteiger partial charge in [0.1, 0.15) is 12.4 Å². The highest BCUT2D eigenvalue weighted by Crippen LogP contribution is 2.31. The van der Waals surface area contributed by atoms with Gasteiger partial charge in [0.05, 0.1) is 22.3 Å². The van der Waals surface area contributed by atoms with Crippen molar-refractivity contribution < 1.29 is 9.13 Å². The topological polar surface area (TPSA) is 59.0 Å². The number of halogens is 2. The maximum Gasteiger partial charge on any atom is 0.161 e. The minimum absolute atomic E-state index is 0.0837. The number of hydrogen-bond donors (Lipinski definition) is 1. The van der Waals surface area contributed by atoms with Crippen molar-refractivity contribution in [2.45, 2.75) is 6.61 Å². The highest BCUT2D eigenvalue weighted by atomic mass is 35.5. The van der Waals surface area contributed by atoms with Crippen LogP contribution in [0, 0.1) is 17.1 Å². The number of para-hydroxylation sites is 1. The van der Waals surface area contributed by atoms with Gasteiger partial charge < -0.3 is 10.5 Å². The Morgan fingerprint density at radius 1 is 1.32 bits per heavy atom. The fraction of sp³-hybridized carbons (Fsp3) is 0.0714. The van der Waals surface area contributed by atoms with E-state index in [-0.39, 0.29) is 12.2 Å². The molecular formula is C14H10ClFN2O. The number of nitrogens with zero attached hydrogens (tertiary/aromatic N) is 1. The molecule has 0 fully saturated rings. The predicted molar refractivity (Wildman–Crippen MR) is 71.3 cm³/mol. The largest absolute Gasteiger partial charge is 0.485 e. The fourth-order valence-corrected chi connectivity index (χ4v) is 1.87. The van der Waals surface area contributed by atoms with Crippen molar-refractivity contribution in [2.75, 3.05) is 5.73 Å². The van der Waals surface area contributed by atoms with Crippen LogP contribution in [0.5, 0.6) is 5.75 Å². The van der Waals surface area contributed by atoms with E-state index in [1.54, 1.807) is 24.3 Å². The van der Waals surface area contributed by atoms with Gasteiger partial charge in [-0.3, -0.25) is 0 Å². The highest BCUT2D eigenvalue weighted by molar-refractivity contribution is 6.32. The monoisotopic (exact) mass is 276 g/mol. The molecule has 2 aromatic rings. The Hall–Kier alpha value is -2.25. The van der Waals surface area contributed by atoms with Gasteiger partial charge in [-0.1, -0.05) is 17.7 Å². The van der Waals surface area contributed by atoms with Gasteiger partial charge in [-0.2, -0.15) is 5.26 Å². The van der Waals surface area contributed by atoms with Crippen molar-refractivity contribution in [2.24, 2.45) is 0 Å². The molecule has 2 N–H and O–H groups in total. The van der Waals surface area contributed by atoms with Crippen LogP contribution >= 0.6 is 11.6 Å². The van der Waals surface area contributed by atoms with Crippen LogP contribution in [-0.2, 0) is 6.61 Å². The number of nitrogen functional groups attached to an aromatic ring is 1. The second-order valence-electron chi connectivity index (χ2n) is 3.91. The molecule has 0 aromatic heterocycles. The van der Waals surface area contributed by atoms with Crippen LogP contribution < -0.4 is 10.5 Å². The smallest absolute Gasteiger partial charge is 0.161 e. The van der Waals surface area contributed by atoms with E-state index >= 15 is 0 Å². The Morgan fingerprint density at radius 3 is 2.79 bits per heavy atom. The number of hydrogen-bond acceptors (Lipinski definition) is 3. The van der Waals surface area contributed by atoms with Crippen molar-refractivity contribution in [3.63, 3.8) is 0 Å². The first-order valence-electron chi connectivity index (χ1n) is 5.46. The third-order valence-electron chi connectivity index (χ3n) is 2.47. The lowest BCUT2D eigenvalue weighted by Gasteiger charge is -2.10. The van der Waals surface area contributed by atoms with E-state index in [0.717, 1.165) is 6.07 Å². The van der Waals surface area contributed by atoms with Gasteiger partial charge in [-0.15, -0.1) is 0 Å². The Balaban J connectivity index is 2.19. The van der Waals surface area contributed by atoms with Gasteiger partial charge in [0.25, 0.3) is 0 Å². The lowest BCUT2D eigenvalue weighted by molar-refractivity contribution is 0.307. The van der Waals surface area contributed by atoms with E-state index in [0.29, 0.717) is 22.0 Å². The summed E-state index contributed by atoms with van der Waals surface area (Å²) in [6, 6.07) is 10.9. The molecule has 0 heterocycles. The SMILES string of the molecule is N#Cc1cc(F)cc(COc2c(N)cccc2Cl)c1. The van der Waals surface area contributed by atoms with Crippen molar-refractivity contribution in [3.05, 3.63) is 58.4 Å². The number of ether oxygens (including phenoxy) is 1. The first-order chi connectivity index (χ1) is 9.10. The lowest BCUT2D eigenvalue weighted by atomic mass is 10.1. The molecule has 0 saturated heterocycles. The molecule has 96 valence electrons. The number of nitrogens with two attached hydrogens (primary N) is 1. The molecular weight excluding hydrogens is 267 g/mol. The highest BCUT2D eigenvalue weighted by Gasteiger charge is 2.07. The summed E-state index contributed by atoms with van der Waals surface area (Å²) in [5.41, 5.74) is 6.92. The van der Waals surface area contributed by atoms with Gasteiger partial charge in [-0.05, 0) is 35.9 Å². The molecule has 2 aromatic carbocycles. The van der Waals surface area contributed by atoms with Crippen LogP contribution in [0.3, 0.4) is 0 Å². The van der Waals surface area contributed by atoms with Crippen molar-refractivity contribution in [3.8, 4) is 11.8 Å². The van der Waals surface area contributed by atoms with E-state index in [1.165, 1.54) is 6.07 Å². The zero-order valence-corrected chi connectivity index (χ0v) is 10.6. The molecule has 0 aliphatic carbocycles. The van der Waals surface area contributed by atoms with Gasteiger partial charge in [0, 0.05) is 0 Å². The Bertz CT molecular complexity index is 632. The summed E-state index contributed by atoms with van der Waals surface area (Å²) in [5, 5.41) is 9.15. The van der Waals surface area contributed by atoms with Crippen LogP contribution in [0.1, 0.15) is 11.1 Å². The Morgan fingerprint density at radius 2 is 2.11 bits per heavy atom. The lowest BCUT2D eigenvalue weighted by Crippen LogP contribution is -2.00. The third kappa shape index (κ3) is 3.15. The van der Waals surface area contributed by atoms with Gasteiger partial charge in [0.15, 0.2) is 5.75 Å². The molecule has 0 radical (unpaired) electrons. The van der Waals surface area contributed by atoms with Gasteiger partial charge in [0.2, 0.25) is 0 Å². The molecule has 0 spiro atoms. The van der Waals surface area contributed by atoms with Crippen LogP contribution in [0.4, 0.5) is 10.1 Å². The predicted octanol–water partition coefficient (Wildman–Crippen LogP) is 3.51. The average molecular weight is 277 g/mol. The zero-order valence-electron chi connectivity index (χ0n) is 9.86. The zero-order chi connectivity index (χ0) is 13.8. The summed E-state index contributed by atoms with van der Waals surface area (Å²) in [7, 11) is 0. The minimum Gasteiger partial charge on any atom is -0.485 e. The number of rotatable bonds is 3. The first kappa shape index (κ1) is 13.2. The standard InChI is InChI=1S/C14H10ClFN2O/c15-12-2-1-3-13(18)14(12)19-8-10-4-9(7-17)5-11(16)6-10/h1-6H,8,18H2. The van der Waals surface area contributed by atoms with E-state index in [4.69, 9.17) is 27.3 Å².